The van der Waals surface area contributed by atoms with Crippen LogP contribution in [0, 0.1) is 20.8 Å². The molecule has 0 saturated heterocycles. The minimum absolute atomic E-state index is 0.0661. The summed E-state index contributed by atoms with van der Waals surface area (Å²) in [4.78, 5) is 16.8. The Morgan fingerprint density at radius 1 is 1.02 bits per heavy atom. The maximum atomic E-state index is 13.3. The van der Waals surface area contributed by atoms with Crippen LogP contribution in [0.2, 0.25) is 5.02 Å². The van der Waals surface area contributed by atoms with Crippen molar-refractivity contribution < 1.29 is 27.1 Å². The normalized spacial score (nSPS) is 11.5. The number of ether oxygens (including phenoxy) is 2. The third-order valence-corrected chi connectivity index (χ3v) is 7.88. The number of carbonyl (C=O) groups excluding carboxylic acids is 1. The molecule has 0 unspecified atom stereocenters. The fourth-order valence-corrected chi connectivity index (χ4v) is 5.41. The number of hydrogen-bond acceptors (Lipinski definition) is 7. The topological polar surface area (TPSA) is 111 Å². The maximum Gasteiger partial charge on any atom is 0.321 e. The van der Waals surface area contributed by atoms with Crippen LogP contribution in [0.25, 0.3) is 11.5 Å². The lowest BCUT2D eigenvalue weighted by atomic mass is 10.1. The molecule has 0 spiro atoms. The second-order valence-electron chi connectivity index (χ2n) is 9.46. The summed E-state index contributed by atoms with van der Waals surface area (Å²) < 4.78 is 46.9. The molecule has 0 amide bonds. The first-order valence-electron chi connectivity index (χ1n) is 13.0. The third kappa shape index (κ3) is 8.09. The van der Waals surface area contributed by atoms with Crippen LogP contribution < -0.4 is 9.46 Å². The molecule has 0 saturated carbocycles. The zero-order valence-corrected chi connectivity index (χ0v) is 24.9. The average molecular weight is 598 g/mol. The SMILES string of the molecule is CCOC(=O)CN(Cc1ccc(OCc2nc(-c3ccc(C)cc3)oc2C)cc1)S(=O)(=O)Nc1ccc(Cl)cc1C. The highest BCUT2D eigenvalue weighted by molar-refractivity contribution is 7.90. The number of aromatic nitrogens is 1. The van der Waals surface area contributed by atoms with Crippen molar-refractivity contribution in [2.45, 2.75) is 40.8 Å². The number of oxazole rings is 1. The van der Waals surface area contributed by atoms with Crippen molar-refractivity contribution in [1.82, 2.24) is 9.29 Å². The minimum atomic E-state index is -4.12. The molecule has 1 N–H and O–H groups in total. The Morgan fingerprint density at radius 2 is 1.73 bits per heavy atom. The molecule has 0 atom stereocenters. The van der Waals surface area contributed by atoms with E-state index in [1.54, 1.807) is 56.3 Å². The molecule has 41 heavy (non-hydrogen) atoms. The monoisotopic (exact) mass is 597 g/mol. The Bertz CT molecular complexity index is 1600. The van der Waals surface area contributed by atoms with Gasteiger partial charge in [0.2, 0.25) is 5.89 Å². The number of anilines is 1. The lowest BCUT2D eigenvalue weighted by molar-refractivity contribution is -0.143. The van der Waals surface area contributed by atoms with E-state index in [4.69, 9.17) is 25.5 Å². The van der Waals surface area contributed by atoms with Gasteiger partial charge in [-0.15, -0.1) is 0 Å². The van der Waals surface area contributed by atoms with Crippen LogP contribution in [0.5, 0.6) is 5.75 Å². The van der Waals surface area contributed by atoms with Gasteiger partial charge < -0.3 is 13.9 Å². The van der Waals surface area contributed by atoms with Gasteiger partial charge in [0.25, 0.3) is 0 Å². The largest absolute Gasteiger partial charge is 0.487 e. The van der Waals surface area contributed by atoms with Gasteiger partial charge in [0.1, 0.15) is 30.4 Å². The number of nitrogens with zero attached hydrogens (tertiary/aromatic N) is 2. The highest BCUT2D eigenvalue weighted by Crippen LogP contribution is 2.25. The van der Waals surface area contributed by atoms with Crippen molar-refractivity contribution >= 4 is 33.5 Å². The number of esters is 1. The summed E-state index contributed by atoms with van der Waals surface area (Å²) in [6.07, 6.45) is 0. The first kappa shape index (κ1) is 30.1. The number of benzene rings is 3. The van der Waals surface area contributed by atoms with E-state index in [2.05, 4.69) is 9.71 Å². The smallest absolute Gasteiger partial charge is 0.321 e. The van der Waals surface area contributed by atoms with Crippen molar-refractivity contribution in [2.75, 3.05) is 17.9 Å². The molecule has 0 radical (unpaired) electrons. The van der Waals surface area contributed by atoms with Crippen LogP contribution in [0.15, 0.2) is 71.1 Å². The Kier molecular flexibility index (Phi) is 9.69. The average Bonchev–Trinajstić information content (AvgIpc) is 3.30. The van der Waals surface area contributed by atoms with E-state index in [-0.39, 0.29) is 19.8 Å². The molecule has 0 aliphatic heterocycles. The fourth-order valence-electron chi connectivity index (χ4n) is 3.95. The molecule has 0 aliphatic rings. The molecule has 0 fully saturated rings. The summed E-state index contributed by atoms with van der Waals surface area (Å²) in [6.45, 7) is 7.08. The van der Waals surface area contributed by atoms with Crippen molar-refractivity contribution in [3.8, 4) is 17.2 Å². The molecule has 11 heteroatoms. The molecule has 4 aromatic rings. The highest BCUT2D eigenvalue weighted by atomic mass is 35.5. The van der Waals surface area contributed by atoms with Crippen molar-refractivity contribution in [3.05, 3.63) is 99.9 Å². The molecule has 216 valence electrons. The minimum Gasteiger partial charge on any atom is -0.487 e. The van der Waals surface area contributed by atoms with Gasteiger partial charge in [-0.2, -0.15) is 12.7 Å². The van der Waals surface area contributed by atoms with Crippen LogP contribution >= 0.6 is 11.6 Å². The summed E-state index contributed by atoms with van der Waals surface area (Å²) in [5.74, 6) is 1.11. The molecule has 4 rings (SSSR count). The van der Waals surface area contributed by atoms with Gasteiger partial charge in [0.15, 0.2) is 0 Å². The summed E-state index contributed by atoms with van der Waals surface area (Å²) in [6, 6.07) is 19.7. The first-order chi connectivity index (χ1) is 19.5. The fraction of sp³-hybridized carbons (Fsp3) is 0.267. The van der Waals surface area contributed by atoms with Gasteiger partial charge in [-0.1, -0.05) is 41.4 Å². The number of hydrogen-bond donors (Lipinski definition) is 1. The van der Waals surface area contributed by atoms with E-state index in [0.717, 1.165) is 15.4 Å². The van der Waals surface area contributed by atoms with Gasteiger partial charge in [0, 0.05) is 17.1 Å². The van der Waals surface area contributed by atoms with Crippen molar-refractivity contribution in [3.63, 3.8) is 0 Å². The molecule has 0 bridgehead atoms. The molecule has 1 heterocycles. The zero-order chi connectivity index (χ0) is 29.6. The second-order valence-corrected chi connectivity index (χ2v) is 11.6. The van der Waals surface area contributed by atoms with E-state index in [1.807, 2.05) is 38.1 Å². The first-order valence-corrected chi connectivity index (χ1v) is 14.8. The highest BCUT2D eigenvalue weighted by Gasteiger charge is 2.26. The maximum absolute atomic E-state index is 13.3. The van der Waals surface area contributed by atoms with E-state index in [9.17, 15) is 13.2 Å². The summed E-state index contributed by atoms with van der Waals surface area (Å²) >= 11 is 6.00. The molecular weight excluding hydrogens is 566 g/mol. The lowest BCUT2D eigenvalue weighted by Gasteiger charge is -2.23. The predicted octanol–water partition coefficient (Wildman–Crippen LogP) is 6.22. The molecular formula is C30H32ClN3O6S. The lowest BCUT2D eigenvalue weighted by Crippen LogP contribution is -2.39. The molecule has 9 nitrogen and oxygen atoms in total. The van der Waals surface area contributed by atoms with Crippen LogP contribution in [0.3, 0.4) is 0 Å². The van der Waals surface area contributed by atoms with Crippen LogP contribution in [-0.4, -0.2) is 36.8 Å². The van der Waals surface area contributed by atoms with Crippen LogP contribution in [0.1, 0.15) is 35.1 Å². The summed E-state index contributed by atoms with van der Waals surface area (Å²) in [5.41, 5.74) is 4.38. The summed E-state index contributed by atoms with van der Waals surface area (Å²) in [7, 11) is -4.12. The van der Waals surface area contributed by atoms with E-state index in [0.29, 0.717) is 44.9 Å². The summed E-state index contributed by atoms with van der Waals surface area (Å²) in [5, 5.41) is 0.488. The number of halogens is 1. The van der Waals surface area contributed by atoms with Gasteiger partial charge >= 0.3 is 16.2 Å². The standard InChI is InChI=1S/C30H32ClN3O6S/c1-5-38-29(35)18-34(41(36,37)33-27-15-12-25(31)16-21(27)3)17-23-8-13-26(14-9-23)39-19-28-22(4)40-30(32-28)24-10-6-20(2)7-11-24/h6-16,33H,5,17-19H2,1-4H3. The van der Waals surface area contributed by atoms with Gasteiger partial charge in [-0.3, -0.25) is 9.52 Å². The number of rotatable bonds is 12. The van der Waals surface area contributed by atoms with Crippen molar-refractivity contribution in [2.24, 2.45) is 0 Å². The van der Waals surface area contributed by atoms with Gasteiger partial charge in [-0.25, -0.2) is 4.98 Å². The van der Waals surface area contributed by atoms with Gasteiger partial charge in [0.05, 0.1) is 12.3 Å². The number of aryl methyl sites for hydroxylation is 3. The predicted molar refractivity (Wildman–Crippen MR) is 158 cm³/mol. The van der Waals surface area contributed by atoms with Crippen LogP contribution in [-0.2, 0) is 32.9 Å². The molecule has 0 aliphatic carbocycles. The van der Waals surface area contributed by atoms with Crippen LogP contribution in [0.4, 0.5) is 5.69 Å². The van der Waals surface area contributed by atoms with E-state index in [1.165, 1.54) is 0 Å². The second kappa shape index (κ2) is 13.2. The van der Waals surface area contributed by atoms with Gasteiger partial charge in [-0.05, 0) is 81.3 Å². The molecule has 3 aromatic carbocycles. The Balaban J connectivity index is 1.44. The number of nitrogens with one attached hydrogen (secondary N) is 1. The number of carbonyl (C=O) groups is 1. The van der Waals surface area contributed by atoms with E-state index < -0.39 is 22.7 Å². The van der Waals surface area contributed by atoms with E-state index >= 15 is 0 Å². The Labute approximate surface area is 245 Å². The zero-order valence-electron chi connectivity index (χ0n) is 23.3. The van der Waals surface area contributed by atoms with Crippen molar-refractivity contribution in [1.29, 1.82) is 0 Å². The Morgan fingerprint density at radius 3 is 2.39 bits per heavy atom. The third-order valence-electron chi connectivity index (χ3n) is 6.23. The quantitative estimate of drug-likeness (QED) is 0.193. The molecule has 1 aromatic heterocycles. The Hall–Kier alpha value is -3.86.